The molecular formula is C11H21NO2. The minimum Gasteiger partial charge on any atom is -0.388 e. The number of hydrogen-bond acceptors (Lipinski definition) is 2. The third-order valence-electron chi connectivity index (χ3n) is 3.15. The number of hydrogen-bond donors (Lipinski definition) is 2. The van der Waals surface area contributed by atoms with E-state index < -0.39 is 5.60 Å². The second kappa shape index (κ2) is 4.30. The Morgan fingerprint density at radius 2 is 2.21 bits per heavy atom. The number of carbonyl (C=O) groups excluding carboxylic acids is 1. The molecule has 0 aromatic heterocycles. The smallest absolute Gasteiger partial charge is 0.223 e. The molecule has 2 atom stereocenters. The molecule has 2 N–H and O–H groups in total. The van der Waals surface area contributed by atoms with E-state index in [9.17, 15) is 9.90 Å². The average molecular weight is 199 g/mol. The van der Waals surface area contributed by atoms with Gasteiger partial charge < -0.3 is 10.4 Å². The van der Waals surface area contributed by atoms with Gasteiger partial charge in [-0.1, -0.05) is 13.8 Å². The van der Waals surface area contributed by atoms with Crippen LogP contribution in [0.15, 0.2) is 0 Å². The lowest BCUT2D eigenvalue weighted by atomic mass is 10.0. The molecule has 3 heteroatoms. The summed E-state index contributed by atoms with van der Waals surface area (Å²) < 4.78 is 0. The van der Waals surface area contributed by atoms with Crippen molar-refractivity contribution < 1.29 is 9.90 Å². The van der Waals surface area contributed by atoms with Crippen molar-refractivity contribution in [3.05, 3.63) is 0 Å². The minimum absolute atomic E-state index is 0.0845. The van der Waals surface area contributed by atoms with Gasteiger partial charge in [-0.15, -0.1) is 0 Å². The number of aliphatic hydroxyl groups is 1. The van der Waals surface area contributed by atoms with E-state index in [2.05, 4.69) is 5.32 Å². The van der Waals surface area contributed by atoms with Crippen LogP contribution in [0, 0.1) is 11.8 Å². The highest BCUT2D eigenvalue weighted by molar-refractivity contribution is 5.78. The Hall–Kier alpha value is -0.570. The van der Waals surface area contributed by atoms with E-state index in [4.69, 9.17) is 0 Å². The predicted molar refractivity (Wildman–Crippen MR) is 55.8 cm³/mol. The summed E-state index contributed by atoms with van der Waals surface area (Å²) in [4.78, 5) is 11.6. The van der Waals surface area contributed by atoms with Crippen LogP contribution in [-0.2, 0) is 4.79 Å². The Labute approximate surface area is 85.9 Å². The summed E-state index contributed by atoms with van der Waals surface area (Å²) in [5, 5.41) is 12.5. The zero-order valence-corrected chi connectivity index (χ0v) is 9.34. The Balaban J connectivity index is 2.26. The zero-order valence-electron chi connectivity index (χ0n) is 9.34. The van der Waals surface area contributed by atoms with E-state index in [1.165, 1.54) is 12.8 Å². The quantitative estimate of drug-likeness (QED) is 0.701. The molecule has 1 aliphatic rings. The highest BCUT2D eigenvalue weighted by Crippen LogP contribution is 2.36. The Kier molecular flexibility index (Phi) is 3.53. The minimum atomic E-state index is -0.765. The highest BCUT2D eigenvalue weighted by Gasteiger charge is 2.33. The average Bonchev–Trinajstić information content (AvgIpc) is 2.96. The van der Waals surface area contributed by atoms with Gasteiger partial charge in [0.2, 0.25) is 5.91 Å². The molecule has 1 fully saturated rings. The van der Waals surface area contributed by atoms with Gasteiger partial charge in [0.15, 0.2) is 0 Å². The number of nitrogens with one attached hydrogen (secondary N) is 1. The summed E-state index contributed by atoms with van der Waals surface area (Å²) in [5.74, 6) is 0.783. The monoisotopic (exact) mass is 199 g/mol. The molecule has 0 aromatic carbocycles. The van der Waals surface area contributed by atoms with Crippen LogP contribution in [0.3, 0.4) is 0 Å². The molecule has 0 saturated heterocycles. The van der Waals surface area contributed by atoms with Crippen LogP contribution in [0.2, 0.25) is 0 Å². The Bertz CT molecular complexity index is 209. The van der Waals surface area contributed by atoms with Crippen molar-refractivity contribution in [3.63, 3.8) is 0 Å². The van der Waals surface area contributed by atoms with Crippen LogP contribution in [0.4, 0.5) is 0 Å². The van der Waals surface area contributed by atoms with Crippen LogP contribution in [0.1, 0.15) is 40.0 Å². The third-order valence-corrected chi connectivity index (χ3v) is 3.15. The molecule has 1 amide bonds. The summed E-state index contributed by atoms with van der Waals surface area (Å²) in [6.07, 6.45) is 3.02. The van der Waals surface area contributed by atoms with Crippen LogP contribution in [0.25, 0.3) is 0 Å². The van der Waals surface area contributed by atoms with Crippen molar-refractivity contribution in [3.8, 4) is 0 Å². The fourth-order valence-corrected chi connectivity index (χ4v) is 1.37. The number of rotatable bonds is 5. The van der Waals surface area contributed by atoms with Gasteiger partial charge >= 0.3 is 0 Å². The first-order chi connectivity index (χ1) is 6.46. The number of amides is 1. The van der Waals surface area contributed by atoms with Crippen LogP contribution in [-0.4, -0.2) is 23.2 Å². The molecule has 0 aromatic rings. The first kappa shape index (κ1) is 11.5. The van der Waals surface area contributed by atoms with Gasteiger partial charge in [0.05, 0.1) is 5.60 Å². The van der Waals surface area contributed by atoms with Crippen LogP contribution >= 0.6 is 0 Å². The molecule has 2 unspecified atom stereocenters. The lowest BCUT2D eigenvalue weighted by molar-refractivity contribution is -0.126. The molecule has 1 saturated carbocycles. The van der Waals surface area contributed by atoms with Crippen LogP contribution < -0.4 is 5.32 Å². The van der Waals surface area contributed by atoms with E-state index in [0.717, 1.165) is 0 Å². The van der Waals surface area contributed by atoms with Crippen molar-refractivity contribution in [1.82, 2.24) is 5.32 Å². The molecule has 0 radical (unpaired) electrons. The standard InChI is InChI=1S/C11H21NO2/c1-4-11(3,14)7-12-10(13)8(2)9-5-6-9/h8-9,14H,4-7H2,1-3H3,(H,12,13). The van der Waals surface area contributed by atoms with Gasteiger partial charge in [-0.05, 0) is 32.1 Å². The molecule has 0 heterocycles. The second-order valence-corrected chi connectivity index (χ2v) is 4.69. The van der Waals surface area contributed by atoms with Crippen molar-refractivity contribution in [2.75, 3.05) is 6.54 Å². The second-order valence-electron chi connectivity index (χ2n) is 4.69. The first-order valence-electron chi connectivity index (χ1n) is 5.46. The molecule has 0 bridgehead atoms. The summed E-state index contributed by atoms with van der Waals surface area (Å²) in [5.41, 5.74) is -0.765. The van der Waals surface area contributed by atoms with E-state index in [1.54, 1.807) is 6.92 Å². The highest BCUT2D eigenvalue weighted by atomic mass is 16.3. The third kappa shape index (κ3) is 3.29. The van der Waals surface area contributed by atoms with Crippen molar-refractivity contribution in [2.24, 2.45) is 11.8 Å². The summed E-state index contributed by atoms with van der Waals surface area (Å²) >= 11 is 0. The maximum atomic E-state index is 11.6. The topological polar surface area (TPSA) is 49.3 Å². The van der Waals surface area contributed by atoms with Gasteiger partial charge in [0.1, 0.15) is 0 Å². The first-order valence-corrected chi connectivity index (χ1v) is 5.46. The Morgan fingerprint density at radius 3 is 2.64 bits per heavy atom. The zero-order chi connectivity index (χ0) is 10.8. The Morgan fingerprint density at radius 1 is 1.64 bits per heavy atom. The molecule has 1 rings (SSSR count). The molecule has 0 spiro atoms. The van der Waals surface area contributed by atoms with Crippen molar-refractivity contribution in [2.45, 2.75) is 45.6 Å². The van der Waals surface area contributed by atoms with Crippen molar-refractivity contribution >= 4 is 5.91 Å². The molecule has 14 heavy (non-hydrogen) atoms. The van der Waals surface area contributed by atoms with Gasteiger partial charge in [0, 0.05) is 12.5 Å². The summed E-state index contributed by atoms with van der Waals surface area (Å²) in [6.45, 7) is 5.98. The largest absolute Gasteiger partial charge is 0.388 e. The van der Waals surface area contributed by atoms with Crippen molar-refractivity contribution in [1.29, 1.82) is 0 Å². The van der Waals surface area contributed by atoms with Gasteiger partial charge in [0.25, 0.3) is 0 Å². The van der Waals surface area contributed by atoms with Gasteiger partial charge in [-0.25, -0.2) is 0 Å². The van der Waals surface area contributed by atoms with E-state index in [0.29, 0.717) is 18.9 Å². The number of carbonyl (C=O) groups is 1. The SMILES string of the molecule is CCC(C)(O)CNC(=O)C(C)C1CC1. The predicted octanol–water partition coefficient (Wildman–Crippen LogP) is 1.31. The van der Waals surface area contributed by atoms with E-state index >= 15 is 0 Å². The van der Waals surface area contributed by atoms with E-state index in [1.807, 2.05) is 13.8 Å². The maximum Gasteiger partial charge on any atom is 0.223 e. The lowest BCUT2D eigenvalue weighted by Gasteiger charge is -2.22. The molecule has 1 aliphatic carbocycles. The van der Waals surface area contributed by atoms with E-state index in [-0.39, 0.29) is 11.8 Å². The summed E-state index contributed by atoms with van der Waals surface area (Å²) in [6, 6.07) is 0. The van der Waals surface area contributed by atoms with Gasteiger partial charge in [-0.2, -0.15) is 0 Å². The van der Waals surface area contributed by atoms with Crippen LogP contribution in [0.5, 0.6) is 0 Å². The molecule has 82 valence electrons. The fraction of sp³-hybridized carbons (Fsp3) is 0.909. The molecule has 0 aliphatic heterocycles. The summed E-state index contributed by atoms with van der Waals surface area (Å²) in [7, 11) is 0. The van der Waals surface area contributed by atoms with Gasteiger partial charge in [-0.3, -0.25) is 4.79 Å². The molecular weight excluding hydrogens is 178 g/mol. The fourth-order valence-electron chi connectivity index (χ4n) is 1.37. The normalized spacial score (nSPS) is 22.6. The lowest BCUT2D eigenvalue weighted by Crippen LogP contribution is -2.42. The maximum absolute atomic E-state index is 11.6. The molecule has 3 nitrogen and oxygen atoms in total.